The monoisotopic (exact) mass is 355 g/mol. The van der Waals surface area contributed by atoms with Crippen LogP contribution in [0.5, 0.6) is 0 Å². The van der Waals surface area contributed by atoms with Crippen LogP contribution in [0.1, 0.15) is 35.3 Å². The molecule has 25 heavy (non-hydrogen) atoms. The van der Waals surface area contributed by atoms with Gasteiger partial charge in [-0.1, -0.05) is 43.7 Å². The number of carbonyl (C=O) groups excluding carboxylic acids is 1. The first-order valence-electron chi connectivity index (χ1n) is 8.52. The number of hydrogen-bond donors (Lipinski definition) is 2. The molecule has 0 unspecified atom stereocenters. The summed E-state index contributed by atoms with van der Waals surface area (Å²) in [7, 11) is 0. The Kier molecular flexibility index (Phi) is 7.10. The number of nitrogens with zero attached hydrogens (tertiary/aromatic N) is 1. The second kappa shape index (κ2) is 9.30. The molecule has 0 aliphatic heterocycles. The van der Waals surface area contributed by atoms with Gasteiger partial charge in [0.15, 0.2) is 5.11 Å². The average molecular weight is 356 g/mol. The quantitative estimate of drug-likeness (QED) is 0.770. The highest BCUT2D eigenvalue weighted by molar-refractivity contribution is 7.80. The highest BCUT2D eigenvalue weighted by Crippen LogP contribution is 2.12. The highest BCUT2D eigenvalue weighted by Gasteiger charge is 2.08. The van der Waals surface area contributed by atoms with Crippen molar-refractivity contribution in [3.8, 4) is 0 Å². The molecule has 0 fully saturated rings. The Morgan fingerprint density at radius 3 is 2.36 bits per heavy atom. The fourth-order valence-corrected chi connectivity index (χ4v) is 2.73. The van der Waals surface area contributed by atoms with E-state index in [2.05, 4.69) is 41.5 Å². The highest BCUT2D eigenvalue weighted by atomic mass is 32.1. The van der Waals surface area contributed by atoms with E-state index in [0.29, 0.717) is 10.7 Å². The number of carbonyl (C=O) groups is 1. The summed E-state index contributed by atoms with van der Waals surface area (Å²) in [6, 6.07) is 15.5. The zero-order chi connectivity index (χ0) is 18.2. The molecule has 2 aromatic rings. The standard InChI is InChI=1S/C20H25N3OS/c1-4-23(5-2)14-16-9-11-18(12-10-16)21-20(25)22-19(24)17-8-6-7-15(3)13-17/h6-13H,4-5,14H2,1-3H3,(H2,21,22,24,25). The van der Waals surface area contributed by atoms with E-state index in [1.807, 2.05) is 37.3 Å². The Morgan fingerprint density at radius 1 is 1.08 bits per heavy atom. The van der Waals surface area contributed by atoms with Crippen LogP contribution in [0, 0.1) is 6.92 Å². The first-order valence-corrected chi connectivity index (χ1v) is 8.93. The van der Waals surface area contributed by atoms with Gasteiger partial charge in [-0.3, -0.25) is 15.0 Å². The number of thiocarbonyl (C=S) groups is 1. The van der Waals surface area contributed by atoms with Crippen molar-refractivity contribution in [1.82, 2.24) is 10.2 Å². The molecule has 0 aliphatic carbocycles. The predicted octanol–water partition coefficient (Wildman–Crippen LogP) is 3.96. The summed E-state index contributed by atoms with van der Waals surface area (Å²) in [6.07, 6.45) is 0. The lowest BCUT2D eigenvalue weighted by Crippen LogP contribution is -2.34. The lowest BCUT2D eigenvalue weighted by Gasteiger charge is -2.18. The van der Waals surface area contributed by atoms with Crippen molar-refractivity contribution in [3.63, 3.8) is 0 Å². The van der Waals surface area contributed by atoms with Crippen molar-refractivity contribution in [1.29, 1.82) is 0 Å². The van der Waals surface area contributed by atoms with E-state index in [4.69, 9.17) is 12.2 Å². The van der Waals surface area contributed by atoms with Crippen LogP contribution < -0.4 is 10.6 Å². The van der Waals surface area contributed by atoms with E-state index < -0.39 is 0 Å². The number of benzene rings is 2. The van der Waals surface area contributed by atoms with E-state index in [1.165, 1.54) is 5.56 Å². The molecule has 1 amide bonds. The summed E-state index contributed by atoms with van der Waals surface area (Å²) < 4.78 is 0. The maximum absolute atomic E-state index is 12.2. The van der Waals surface area contributed by atoms with Gasteiger partial charge in [-0.05, 0) is 62.1 Å². The second-order valence-corrected chi connectivity index (χ2v) is 6.34. The van der Waals surface area contributed by atoms with Gasteiger partial charge < -0.3 is 5.32 Å². The summed E-state index contributed by atoms with van der Waals surface area (Å²) in [6.45, 7) is 9.27. The summed E-state index contributed by atoms with van der Waals surface area (Å²) in [5.41, 5.74) is 3.75. The van der Waals surface area contributed by atoms with Crippen LogP contribution in [-0.4, -0.2) is 29.0 Å². The largest absolute Gasteiger partial charge is 0.332 e. The summed E-state index contributed by atoms with van der Waals surface area (Å²) in [4.78, 5) is 14.6. The fraction of sp³-hybridized carbons (Fsp3) is 0.300. The molecular weight excluding hydrogens is 330 g/mol. The third-order valence-electron chi connectivity index (χ3n) is 4.02. The third-order valence-corrected chi connectivity index (χ3v) is 4.22. The normalized spacial score (nSPS) is 10.6. The van der Waals surface area contributed by atoms with Crippen LogP contribution >= 0.6 is 12.2 Å². The molecule has 0 saturated heterocycles. The molecule has 4 nitrogen and oxygen atoms in total. The van der Waals surface area contributed by atoms with Crippen LogP contribution in [-0.2, 0) is 6.54 Å². The topological polar surface area (TPSA) is 44.4 Å². The van der Waals surface area contributed by atoms with Crippen LogP contribution in [0.2, 0.25) is 0 Å². The number of aryl methyl sites for hydroxylation is 1. The summed E-state index contributed by atoms with van der Waals surface area (Å²) in [5.74, 6) is -0.209. The second-order valence-electron chi connectivity index (χ2n) is 5.94. The molecule has 0 bridgehead atoms. The van der Waals surface area contributed by atoms with E-state index in [1.54, 1.807) is 6.07 Å². The van der Waals surface area contributed by atoms with Gasteiger partial charge in [0.1, 0.15) is 0 Å². The Morgan fingerprint density at radius 2 is 1.76 bits per heavy atom. The number of hydrogen-bond acceptors (Lipinski definition) is 3. The molecule has 2 N–H and O–H groups in total. The molecule has 0 atom stereocenters. The van der Waals surface area contributed by atoms with Crippen molar-refractivity contribution in [2.24, 2.45) is 0 Å². The lowest BCUT2D eigenvalue weighted by molar-refractivity contribution is 0.0977. The van der Waals surface area contributed by atoms with Crippen LogP contribution in [0.15, 0.2) is 48.5 Å². The molecule has 0 saturated carbocycles. The molecule has 0 heterocycles. The van der Waals surface area contributed by atoms with Crippen LogP contribution in [0.25, 0.3) is 0 Å². The molecule has 0 radical (unpaired) electrons. The lowest BCUT2D eigenvalue weighted by atomic mass is 10.1. The molecular formula is C20H25N3OS. The number of anilines is 1. The third kappa shape index (κ3) is 5.96. The average Bonchev–Trinajstić information content (AvgIpc) is 2.61. The maximum Gasteiger partial charge on any atom is 0.257 e. The van der Waals surface area contributed by atoms with Gasteiger partial charge in [0.2, 0.25) is 0 Å². The first-order chi connectivity index (χ1) is 12.0. The van der Waals surface area contributed by atoms with Gasteiger partial charge in [0.05, 0.1) is 0 Å². The molecule has 2 aromatic carbocycles. The zero-order valence-corrected chi connectivity index (χ0v) is 15.8. The smallest absolute Gasteiger partial charge is 0.257 e. The van der Waals surface area contributed by atoms with Crippen molar-refractivity contribution in [3.05, 3.63) is 65.2 Å². The molecule has 5 heteroatoms. The van der Waals surface area contributed by atoms with Crippen molar-refractivity contribution >= 4 is 28.9 Å². The molecule has 2 rings (SSSR count). The van der Waals surface area contributed by atoms with Crippen LogP contribution in [0.4, 0.5) is 5.69 Å². The Balaban J connectivity index is 1.91. The van der Waals surface area contributed by atoms with Crippen molar-refractivity contribution in [2.45, 2.75) is 27.3 Å². The fourth-order valence-electron chi connectivity index (χ4n) is 2.52. The van der Waals surface area contributed by atoms with Gasteiger partial charge in [-0.25, -0.2) is 0 Å². The Hall–Kier alpha value is -2.24. The molecule has 0 aromatic heterocycles. The van der Waals surface area contributed by atoms with Crippen LogP contribution in [0.3, 0.4) is 0 Å². The first kappa shape index (κ1) is 19.1. The number of rotatable bonds is 6. The van der Waals surface area contributed by atoms with Gasteiger partial charge in [-0.2, -0.15) is 0 Å². The number of nitrogens with one attached hydrogen (secondary N) is 2. The van der Waals surface area contributed by atoms with E-state index >= 15 is 0 Å². The SMILES string of the molecule is CCN(CC)Cc1ccc(NC(=S)NC(=O)c2cccc(C)c2)cc1. The minimum absolute atomic E-state index is 0.209. The Labute approximate surface area is 155 Å². The molecule has 0 aliphatic rings. The molecule has 0 spiro atoms. The van der Waals surface area contributed by atoms with Gasteiger partial charge in [0.25, 0.3) is 5.91 Å². The van der Waals surface area contributed by atoms with Gasteiger partial charge in [-0.15, -0.1) is 0 Å². The molecule has 132 valence electrons. The summed E-state index contributed by atoms with van der Waals surface area (Å²) >= 11 is 5.23. The van der Waals surface area contributed by atoms with Gasteiger partial charge in [0, 0.05) is 17.8 Å². The minimum atomic E-state index is -0.209. The zero-order valence-electron chi connectivity index (χ0n) is 15.0. The van der Waals surface area contributed by atoms with Crippen molar-refractivity contribution in [2.75, 3.05) is 18.4 Å². The van der Waals surface area contributed by atoms with E-state index in [-0.39, 0.29) is 5.91 Å². The number of amides is 1. The van der Waals surface area contributed by atoms with E-state index in [0.717, 1.165) is 30.9 Å². The maximum atomic E-state index is 12.2. The van der Waals surface area contributed by atoms with E-state index in [9.17, 15) is 4.79 Å². The minimum Gasteiger partial charge on any atom is -0.332 e. The summed E-state index contributed by atoms with van der Waals surface area (Å²) in [5, 5.41) is 6.06. The predicted molar refractivity (Wildman–Crippen MR) is 108 cm³/mol. The van der Waals surface area contributed by atoms with Gasteiger partial charge >= 0.3 is 0 Å². The van der Waals surface area contributed by atoms with Crippen molar-refractivity contribution < 1.29 is 4.79 Å². The Bertz CT molecular complexity index is 724.